The number of hydrogen-bond donors (Lipinski definition) is 0. The van der Waals surface area contributed by atoms with E-state index in [-0.39, 0.29) is 0 Å². The van der Waals surface area contributed by atoms with Gasteiger partial charge in [0.05, 0.1) is 0 Å². The minimum absolute atomic E-state index is 0.529. The van der Waals surface area contributed by atoms with Crippen molar-refractivity contribution in [2.45, 2.75) is 89.8 Å². The molecule has 1 rings (SSSR count). The van der Waals surface area contributed by atoms with Gasteiger partial charge in [0.15, 0.2) is 0 Å². The molecule has 1 heteroatoms. The molecule has 0 amide bonds. The first-order chi connectivity index (χ1) is 10.1. The van der Waals surface area contributed by atoms with Gasteiger partial charge in [-0.15, -0.1) is 0 Å². The summed E-state index contributed by atoms with van der Waals surface area (Å²) in [6.07, 6.45) is 13.9. The maximum atomic E-state index is 3.86. The fourth-order valence-corrected chi connectivity index (χ4v) is 3.37. The van der Waals surface area contributed by atoms with Crippen molar-refractivity contribution >= 4 is 15.9 Å². The number of halogens is 1. The molecule has 0 aliphatic heterocycles. The third-order valence-electron chi connectivity index (χ3n) is 4.45. The fourth-order valence-electron chi connectivity index (χ4n) is 2.76. The number of alkyl halides is 1. The van der Waals surface area contributed by atoms with Crippen molar-refractivity contribution in [3.63, 3.8) is 0 Å². The van der Waals surface area contributed by atoms with Gasteiger partial charge in [0, 0.05) is 4.83 Å². The highest BCUT2D eigenvalue weighted by atomic mass is 79.9. The van der Waals surface area contributed by atoms with Crippen LogP contribution in [0.3, 0.4) is 0 Å². The van der Waals surface area contributed by atoms with E-state index in [9.17, 15) is 0 Å². The minimum Gasteiger partial charge on any atom is -0.0839 e. The Labute approximate surface area is 140 Å². The lowest BCUT2D eigenvalue weighted by atomic mass is 10.0. The first-order valence-corrected chi connectivity index (χ1v) is 9.78. The molecular formula is C20H33Br. The van der Waals surface area contributed by atoms with Crippen LogP contribution in [0.15, 0.2) is 18.2 Å². The Morgan fingerprint density at radius 1 is 0.810 bits per heavy atom. The van der Waals surface area contributed by atoms with Crippen LogP contribution >= 0.6 is 15.9 Å². The highest BCUT2D eigenvalue weighted by molar-refractivity contribution is 9.09. The Morgan fingerprint density at radius 3 is 1.95 bits per heavy atom. The molecule has 0 nitrogen and oxygen atoms in total. The summed E-state index contributed by atoms with van der Waals surface area (Å²) >= 11 is 3.86. The number of aryl methyl sites for hydroxylation is 2. The zero-order valence-corrected chi connectivity index (χ0v) is 15.8. The van der Waals surface area contributed by atoms with Crippen molar-refractivity contribution in [3.05, 3.63) is 34.9 Å². The monoisotopic (exact) mass is 352 g/mol. The summed E-state index contributed by atoms with van der Waals surface area (Å²) in [5.41, 5.74) is 4.24. The van der Waals surface area contributed by atoms with Crippen LogP contribution in [0.2, 0.25) is 0 Å². The Kier molecular flexibility index (Phi) is 10.1. The average Bonchev–Trinajstić information content (AvgIpc) is 2.48. The topological polar surface area (TPSA) is 0 Å². The molecule has 0 bridgehead atoms. The predicted molar refractivity (Wildman–Crippen MR) is 99.4 cm³/mol. The van der Waals surface area contributed by atoms with Crippen LogP contribution < -0.4 is 0 Å². The lowest BCUT2D eigenvalue weighted by Crippen LogP contribution is -1.93. The van der Waals surface area contributed by atoms with Crippen LogP contribution in [0.25, 0.3) is 0 Å². The third kappa shape index (κ3) is 8.04. The molecule has 0 saturated heterocycles. The van der Waals surface area contributed by atoms with Gasteiger partial charge in [-0.3, -0.25) is 0 Å². The van der Waals surface area contributed by atoms with E-state index in [1.165, 1.54) is 80.9 Å². The first kappa shape index (κ1) is 18.7. The number of benzene rings is 1. The average molecular weight is 353 g/mol. The molecule has 120 valence electrons. The van der Waals surface area contributed by atoms with Crippen LogP contribution in [0.5, 0.6) is 0 Å². The van der Waals surface area contributed by atoms with Crippen molar-refractivity contribution in [1.82, 2.24) is 0 Å². The van der Waals surface area contributed by atoms with Crippen molar-refractivity contribution in [2.75, 3.05) is 0 Å². The van der Waals surface area contributed by atoms with E-state index in [0.717, 1.165) is 0 Å². The van der Waals surface area contributed by atoms with Crippen molar-refractivity contribution in [2.24, 2.45) is 0 Å². The van der Waals surface area contributed by atoms with E-state index >= 15 is 0 Å². The lowest BCUT2D eigenvalue weighted by molar-refractivity contribution is 0.556. The molecule has 0 fully saturated rings. The van der Waals surface area contributed by atoms with Crippen LogP contribution in [-0.4, -0.2) is 0 Å². The van der Waals surface area contributed by atoms with Crippen molar-refractivity contribution in [3.8, 4) is 0 Å². The van der Waals surface area contributed by atoms with E-state index in [4.69, 9.17) is 0 Å². The Morgan fingerprint density at radius 2 is 1.38 bits per heavy atom. The van der Waals surface area contributed by atoms with Gasteiger partial charge >= 0.3 is 0 Å². The molecule has 0 radical (unpaired) electrons. The summed E-state index contributed by atoms with van der Waals surface area (Å²) in [6.45, 7) is 6.67. The van der Waals surface area contributed by atoms with Gasteiger partial charge in [0.2, 0.25) is 0 Å². The zero-order valence-electron chi connectivity index (χ0n) is 14.3. The highest BCUT2D eigenvalue weighted by Gasteiger charge is 2.07. The summed E-state index contributed by atoms with van der Waals surface area (Å²) in [5, 5.41) is 0. The summed E-state index contributed by atoms with van der Waals surface area (Å²) in [4.78, 5) is 0.529. The second-order valence-corrected chi connectivity index (χ2v) is 7.53. The molecule has 0 aliphatic carbocycles. The molecule has 1 aromatic rings. The molecular weight excluding hydrogens is 320 g/mol. The van der Waals surface area contributed by atoms with E-state index in [0.29, 0.717) is 4.83 Å². The highest BCUT2D eigenvalue weighted by Crippen LogP contribution is 2.30. The fraction of sp³-hybridized carbons (Fsp3) is 0.700. The number of hydrogen-bond acceptors (Lipinski definition) is 0. The summed E-state index contributed by atoms with van der Waals surface area (Å²) in [6, 6.07) is 6.85. The molecule has 1 aromatic carbocycles. The summed E-state index contributed by atoms with van der Waals surface area (Å²) in [5.74, 6) is 0. The second-order valence-electron chi connectivity index (χ2n) is 6.43. The Balaban J connectivity index is 2.08. The SMILES string of the molecule is CCCCCCCCCCCC(Br)c1ccc(C)c(C)c1. The maximum absolute atomic E-state index is 3.86. The van der Waals surface area contributed by atoms with E-state index in [1.54, 1.807) is 0 Å². The smallest absolute Gasteiger partial charge is 0.0395 e. The van der Waals surface area contributed by atoms with Crippen LogP contribution in [0.1, 0.15) is 92.6 Å². The van der Waals surface area contributed by atoms with E-state index in [1.807, 2.05) is 0 Å². The van der Waals surface area contributed by atoms with Gasteiger partial charge in [0.25, 0.3) is 0 Å². The van der Waals surface area contributed by atoms with Gasteiger partial charge in [-0.25, -0.2) is 0 Å². The molecule has 0 aliphatic rings. The summed E-state index contributed by atoms with van der Waals surface area (Å²) in [7, 11) is 0. The van der Waals surface area contributed by atoms with Crippen molar-refractivity contribution in [1.29, 1.82) is 0 Å². The third-order valence-corrected chi connectivity index (χ3v) is 5.44. The zero-order chi connectivity index (χ0) is 15.5. The predicted octanol–water partition coefficient (Wildman–Crippen LogP) is 7.66. The molecule has 1 atom stereocenters. The largest absolute Gasteiger partial charge is 0.0839 e. The lowest BCUT2D eigenvalue weighted by Gasteiger charge is -2.12. The first-order valence-electron chi connectivity index (χ1n) is 8.86. The minimum atomic E-state index is 0.529. The van der Waals surface area contributed by atoms with E-state index < -0.39 is 0 Å². The molecule has 0 heterocycles. The van der Waals surface area contributed by atoms with Gasteiger partial charge in [-0.05, 0) is 37.0 Å². The van der Waals surface area contributed by atoms with Gasteiger partial charge in [-0.2, -0.15) is 0 Å². The van der Waals surface area contributed by atoms with Crippen LogP contribution in [-0.2, 0) is 0 Å². The molecule has 0 saturated carbocycles. The maximum Gasteiger partial charge on any atom is 0.0395 e. The summed E-state index contributed by atoms with van der Waals surface area (Å²) < 4.78 is 0. The molecule has 0 spiro atoms. The van der Waals surface area contributed by atoms with Gasteiger partial charge in [0.1, 0.15) is 0 Å². The quantitative estimate of drug-likeness (QED) is 0.283. The number of unbranched alkanes of at least 4 members (excludes halogenated alkanes) is 8. The van der Waals surface area contributed by atoms with Gasteiger partial charge < -0.3 is 0 Å². The second kappa shape index (κ2) is 11.3. The molecule has 0 aromatic heterocycles. The Hall–Kier alpha value is -0.300. The Bertz CT molecular complexity index is 383. The molecule has 21 heavy (non-hydrogen) atoms. The number of rotatable bonds is 11. The molecule has 1 unspecified atom stereocenters. The molecule has 0 N–H and O–H groups in total. The van der Waals surface area contributed by atoms with E-state index in [2.05, 4.69) is 54.9 Å². The normalized spacial score (nSPS) is 12.6. The van der Waals surface area contributed by atoms with Crippen LogP contribution in [0, 0.1) is 13.8 Å². The van der Waals surface area contributed by atoms with Crippen LogP contribution in [0.4, 0.5) is 0 Å². The standard InChI is InChI=1S/C20H33Br/c1-4-5-6-7-8-9-10-11-12-13-20(21)19-15-14-17(2)18(3)16-19/h14-16,20H,4-13H2,1-3H3. The van der Waals surface area contributed by atoms with Gasteiger partial charge in [-0.1, -0.05) is 98.8 Å². The van der Waals surface area contributed by atoms with Crippen molar-refractivity contribution < 1.29 is 0 Å².